The zero-order valence-electron chi connectivity index (χ0n) is 13.0. The molecule has 6 heteroatoms. The summed E-state index contributed by atoms with van der Waals surface area (Å²) in [6.07, 6.45) is 5.99. The molecule has 0 radical (unpaired) electrons. The van der Waals surface area contributed by atoms with E-state index in [1.54, 1.807) is 36.5 Å². The van der Waals surface area contributed by atoms with Gasteiger partial charge < -0.3 is 10.6 Å². The smallest absolute Gasteiger partial charge is 0.257 e. The third-order valence-corrected chi connectivity index (χ3v) is 4.12. The van der Waals surface area contributed by atoms with E-state index in [9.17, 15) is 4.79 Å². The molecule has 2 rings (SSSR count). The molecule has 0 aliphatic rings. The summed E-state index contributed by atoms with van der Waals surface area (Å²) in [4.78, 5) is 16.4. The third-order valence-electron chi connectivity index (χ3n) is 3.19. The van der Waals surface area contributed by atoms with Gasteiger partial charge in [0.1, 0.15) is 5.82 Å². The van der Waals surface area contributed by atoms with Crippen molar-refractivity contribution in [2.75, 3.05) is 29.2 Å². The summed E-state index contributed by atoms with van der Waals surface area (Å²) in [5, 5.41) is 6.64. The monoisotopic (exact) mass is 349 g/mol. The number of carbonyl (C=O) groups is 1. The Balaban J connectivity index is 1.85. The van der Waals surface area contributed by atoms with Gasteiger partial charge in [-0.3, -0.25) is 4.79 Å². The summed E-state index contributed by atoms with van der Waals surface area (Å²) in [7, 11) is 0. The minimum absolute atomic E-state index is 0.203. The molecule has 23 heavy (non-hydrogen) atoms. The molecule has 0 saturated carbocycles. The van der Waals surface area contributed by atoms with Crippen LogP contribution in [-0.2, 0) is 0 Å². The van der Waals surface area contributed by atoms with Crippen molar-refractivity contribution in [2.24, 2.45) is 0 Å². The number of hydrogen-bond acceptors (Lipinski definition) is 4. The molecule has 0 unspecified atom stereocenters. The normalized spacial score (nSPS) is 10.3. The van der Waals surface area contributed by atoms with Crippen LogP contribution in [-0.4, -0.2) is 29.4 Å². The van der Waals surface area contributed by atoms with Gasteiger partial charge in [-0.1, -0.05) is 17.7 Å². The number of pyridine rings is 1. The third kappa shape index (κ3) is 6.12. The number of nitrogens with one attached hydrogen (secondary N) is 2. The Morgan fingerprint density at radius 3 is 2.83 bits per heavy atom. The summed E-state index contributed by atoms with van der Waals surface area (Å²) in [6, 6.07) is 10.6. The summed E-state index contributed by atoms with van der Waals surface area (Å²) >= 11 is 7.76. The zero-order valence-corrected chi connectivity index (χ0v) is 14.6. The summed E-state index contributed by atoms with van der Waals surface area (Å²) < 4.78 is 0. The molecule has 0 atom stereocenters. The number of benzene rings is 1. The number of thioether (sulfide) groups is 1. The Labute approximate surface area is 146 Å². The lowest BCUT2D eigenvalue weighted by molar-refractivity contribution is 0.102. The Morgan fingerprint density at radius 2 is 2.13 bits per heavy atom. The average Bonchev–Trinajstić information content (AvgIpc) is 2.55. The molecular formula is C17H20ClN3OS. The van der Waals surface area contributed by atoms with Gasteiger partial charge in [0.25, 0.3) is 5.91 Å². The van der Waals surface area contributed by atoms with Crippen molar-refractivity contribution in [2.45, 2.75) is 12.8 Å². The van der Waals surface area contributed by atoms with Gasteiger partial charge >= 0.3 is 0 Å². The second-order valence-corrected chi connectivity index (χ2v) is 6.45. The number of carbonyl (C=O) groups excluding carboxylic acids is 1. The van der Waals surface area contributed by atoms with Crippen LogP contribution in [0.4, 0.5) is 11.5 Å². The van der Waals surface area contributed by atoms with Crippen molar-refractivity contribution in [3.8, 4) is 0 Å². The molecule has 1 heterocycles. The topological polar surface area (TPSA) is 54.0 Å². The quantitative estimate of drug-likeness (QED) is 0.687. The highest BCUT2D eigenvalue weighted by Gasteiger charge is 2.07. The molecule has 0 fully saturated rings. The lowest BCUT2D eigenvalue weighted by Crippen LogP contribution is -2.12. The minimum Gasteiger partial charge on any atom is -0.370 e. The van der Waals surface area contributed by atoms with E-state index < -0.39 is 0 Å². The maximum atomic E-state index is 12.2. The highest BCUT2D eigenvalue weighted by atomic mass is 35.5. The van der Waals surface area contributed by atoms with Gasteiger partial charge in [-0.25, -0.2) is 4.98 Å². The van der Waals surface area contributed by atoms with Crippen LogP contribution in [0.3, 0.4) is 0 Å². The van der Waals surface area contributed by atoms with E-state index in [1.807, 2.05) is 17.8 Å². The van der Waals surface area contributed by atoms with E-state index >= 15 is 0 Å². The first-order chi connectivity index (χ1) is 11.2. The SMILES string of the molecule is CSCCCCNc1ccc(C(=O)Nc2cccc(Cl)c2)cn1. The van der Waals surface area contributed by atoms with Gasteiger partial charge in [0.2, 0.25) is 0 Å². The van der Waals surface area contributed by atoms with E-state index in [0.29, 0.717) is 16.3 Å². The number of rotatable bonds is 8. The number of amides is 1. The van der Waals surface area contributed by atoms with E-state index in [2.05, 4.69) is 21.9 Å². The van der Waals surface area contributed by atoms with E-state index in [-0.39, 0.29) is 5.91 Å². The average molecular weight is 350 g/mol. The molecule has 0 bridgehead atoms. The van der Waals surface area contributed by atoms with Crippen LogP contribution in [0.5, 0.6) is 0 Å². The first-order valence-electron chi connectivity index (χ1n) is 7.45. The Kier molecular flexibility index (Phi) is 7.23. The van der Waals surface area contributed by atoms with Gasteiger partial charge in [-0.15, -0.1) is 0 Å². The molecule has 0 saturated heterocycles. The van der Waals surface area contributed by atoms with Crippen molar-refractivity contribution in [3.05, 3.63) is 53.2 Å². The van der Waals surface area contributed by atoms with Gasteiger partial charge in [-0.2, -0.15) is 11.8 Å². The second-order valence-electron chi connectivity index (χ2n) is 5.02. The first-order valence-corrected chi connectivity index (χ1v) is 9.22. The molecule has 122 valence electrons. The molecule has 2 N–H and O–H groups in total. The standard InChI is InChI=1S/C17H20ClN3OS/c1-23-10-3-2-9-19-16-8-7-13(12-20-16)17(22)21-15-6-4-5-14(18)11-15/h4-8,11-12H,2-3,9-10H2,1H3,(H,19,20)(H,21,22). The van der Waals surface area contributed by atoms with Crippen LogP contribution in [0.25, 0.3) is 0 Å². The molecule has 2 aromatic rings. The lowest BCUT2D eigenvalue weighted by Gasteiger charge is -2.07. The largest absolute Gasteiger partial charge is 0.370 e. The molecule has 1 aromatic heterocycles. The number of aromatic nitrogens is 1. The van der Waals surface area contributed by atoms with Crippen LogP contribution < -0.4 is 10.6 Å². The molecule has 0 aliphatic heterocycles. The van der Waals surface area contributed by atoms with Crippen LogP contribution in [0.15, 0.2) is 42.6 Å². The summed E-state index contributed by atoms with van der Waals surface area (Å²) in [5.41, 5.74) is 1.18. The van der Waals surface area contributed by atoms with Crippen molar-refractivity contribution < 1.29 is 4.79 Å². The fourth-order valence-electron chi connectivity index (χ4n) is 1.99. The molecular weight excluding hydrogens is 330 g/mol. The number of anilines is 2. The van der Waals surface area contributed by atoms with Crippen molar-refractivity contribution >= 4 is 40.8 Å². The highest BCUT2D eigenvalue weighted by molar-refractivity contribution is 7.98. The molecule has 0 spiro atoms. The fraction of sp³-hybridized carbons (Fsp3) is 0.294. The predicted molar refractivity (Wildman–Crippen MR) is 99.7 cm³/mol. The van der Waals surface area contributed by atoms with Crippen molar-refractivity contribution in [3.63, 3.8) is 0 Å². The van der Waals surface area contributed by atoms with Crippen LogP contribution >= 0.6 is 23.4 Å². The maximum Gasteiger partial charge on any atom is 0.257 e. The fourth-order valence-corrected chi connectivity index (χ4v) is 2.67. The maximum absolute atomic E-state index is 12.2. The molecule has 0 aliphatic carbocycles. The first kappa shape index (κ1) is 17.6. The molecule has 1 amide bonds. The zero-order chi connectivity index (χ0) is 16.5. The van der Waals surface area contributed by atoms with Gasteiger partial charge in [0.15, 0.2) is 0 Å². The molecule has 4 nitrogen and oxygen atoms in total. The number of hydrogen-bond donors (Lipinski definition) is 2. The van der Waals surface area contributed by atoms with Gasteiger partial charge in [0, 0.05) is 23.5 Å². The van der Waals surface area contributed by atoms with Crippen LogP contribution in [0.1, 0.15) is 23.2 Å². The van der Waals surface area contributed by atoms with E-state index in [4.69, 9.17) is 11.6 Å². The van der Waals surface area contributed by atoms with E-state index in [1.165, 1.54) is 12.2 Å². The van der Waals surface area contributed by atoms with Crippen molar-refractivity contribution in [1.82, 2.24) is 4.98 Å². The molecule has 1 aromatic carbocycles. The summed E-state index contributed by atoms with van der Waals surface area (Å²) in [5.74, 6) is 1.76. The Hall–Kier alpha value is -1.72. The van der Waals surface area contributed by atoms with Gasteiger partial charge in [-0.05, 0) is 55.2 Å². The van der Waals surface area contributed by atoms with Crippen LogP contribution in [0.2, 0.25) is 5.02 Å². The Bertz CT molecular complexity index is 634. The Morgan fingerprint density at radius 1 is 1.26 bits per heavy atom. The lowest BCUT2D eigenvalue weighted by atomic mass is 10.2. The predicted octanol–water partition coefficient (Wildman–Crippen LogP) is 4.54. The highest BCUT2D eigenvalue weighted by Crippen LogP contribution is 2.16. The second kappa shape index (κ2) is 9.43. The van der Waals surface area contributed by atoms with Crippen molar-refractivity contribution in [1.29, 1.82) is 0 Å². The number of unbranched alkanes of at least 4 members (excludes halogenated alkanes) is 1. The van der Waals surface area contributed by atoms with Crippen LogP contribution in [0, 0.1) is 0 Å². The number of halogens is 1. The van der Waals surface area contributed by atoms with E-state index in [0.717, 1.165) is 18.8 Å². The summed E-state index contributed by atoms with van der Waals surface area (Å²) in [6.45, 7) is 0.890. The number of nitrogens with zero attached hydrogens (tertiary/aromatic N) is 1. The van der Waals surface area contributed by atoms with Gasteiger partial charge in [0.05, 0.1) is 5.56 Å². The minimum atomic E-state index is -0.203.